The van der Waals surface area contributed by atoms with E-state index in [4.69, 9.17) is 5.11 Å². The number of rotatable bonds is 7. The zero-order valence-electron chi connectivity index (χ0n) is 12.6. The van der Waals surface area contributed by atoms with Crippen molar-refractivity contribution >= 4 is 23.2 Å². The van der Waals surface area contributed by atoms with Gasteiger partial charge >= 0.3 is 5.97 Å². The van der Waals surface area contributed by atoms with Crippen LogP contribution in [0.25, 0.3) is 0 Å². The van der Waals surface area contributed by atoms with Crippen LogP contribution in [0.15, 0.2) is 23.6 Å². The molecular formula is C15H19N3O3S. The number of nitrogens with zero attached hydrogens (tertiary/aromatic N) is 2. The van der Waals surface area contributed by atoms with Crippen LogP contribution in [0.1, 0.15) is 35.0 Å². The van der Waals surface area contributed by atoms with Crippen LogP contribution < -0.4 is 5.32 Å². The van der Waals surface area contributed by atoms with Gasteiger partial charge in [-0.2, -0.15) is 5.10 Å². The Morgan fingerprint density at radius 1 is 1.45 bits per heavy atom. The fraction of sp³-hybridized carbons (Fsp3) is 0.400. The van der Waals surface area contributed by atoms with Crippen molar-refractivity contribution in [1.82, 2.24) is 15.1 Å². The molecular weight excluding hydrogens is 302 g/mol. The van der Waals surface area contributed by atoms with Gasteiger partial charge in [0.25, 0.3) is 0 Å². The summed E-state index contributed by atoms with van der Waals surface area (Å²) in [5.74, 6) is -1.34. The predicted octanol–water partition coefficient (Wildman–Crippen LogP) is 2.05. The first-order valence-corrected chi connectivity index (χ1v) is 7.85. The van der Waals surface area contributed by atoms with Crippen LogP contribution in [0.4, 0.5) is 0 Å². The first kappa shape index (κ1) is 16.2. The Bertz CT molecular complexity index is 649. The van der Waals surface area contributed by atoms with Gasteiger partial charge in [0.1, 0.15) is 0 Å². The highest BCUT2D eigenvalue weighted by molar-refractivity contribution is 7.10. The summed E-state index contributed by atoms with van der Waals surface area (Å²) in [4.78, 5) is 24.0. The number of amides is 1. The number of thiophene rings is 1. The monoisotopic (exact) mass is 321 g/mol. The van der Waals surface area contributed by atoms with E-state index < -0.39 is 5.97 Å². The summed E-state index contributed by atoms with van der Waals surface area (Å²) in [7, 11) is 1.83. The molecule has 1 atom stereocenters. The number of aromatic nitrogens is 2. The number of aliphatic carboxylic acids is 1. The summed E-state index contributed by atoms with van der Waals surface area (Å²) < 4.78 is 1.73. The van der Waals surface area contributed by atoms with Crippen molar-refractivity contribution in [2.24, 2.45) is 7.05 Å². The number of nitrogens with one attached hydrogen (secondary N) is 1. The maximum absolute atomic E-state index is 12.1. The molecule has 2 heterocycles. The van der Waals surface area contributed by atoms with Gasteiger partial charge in [0, 0.05) is 24.3 Å². The molecule has 0 radical (unpaired) electrons. The van der Waals surface area contributed by atoms with Gasteiger partial charge < -0.3 is 10.4 Å². The standard InChI is InChI=1S/C15H19N3O3S/c1-10-6-12(18(2)17-10)9-16-14(19)7-11(8-15(20)21)13-4-3-5-22-13/h3-6,11H,7-9H2,1-2H3,(H,16,19)(H,20,21)/t11-/m1/s1. The van der Waals surface area contributed by atoms with E-state index in [1.54, 1.807) is 4.68 Å². The Hall–Kier alpha value is -2.15. The Labute approximate surface area is 132 Å². The van der Waals surface area contributed by atoms with Crippen molar-refractivity contribution < 1.29 is 14.7 Å². The van der Waals surface area contributed by atoms with Crippen molar-refractivity contribution in [1.29, 1.82) is 0 Å². The van der Waals surface area contributed by atoms with Crippen molar-refractivity contribution in [2.45, 2.75) is 32.2 Å². The molecule has 1 amide bonds. The van der Waals surface area contributed by atoms with Gasteiger partial charge in [-0.3, -0.25) is 14.3 Å². The molecule has 6 nitrogen and oxygen atoms in total. The van der Waals surface area contributed by atoms with E-state index in [0.717, 1.165) is 16.3 Å². The molecule has 2 rings (SSSR count). The molecule has 7 heteroatoms. The lowest BCUT2D eigenvalue weighted by Crippen LogP contribution is -2.26. The second kappa shape index (κ2) is 7.22. The van der Waals surface area contributed by atoms with E-state index in [-0.39, 0.29) is 24.7 Å². The highest BCUT2D eigenvalue weighted by atomic mass is 32.1. The predicted molar refractivity (Wildman–Crippen MR) is 83.7 cm³/mol. The summed E-state index contributed by atoms with van der Waals surface area (Å²) in [6.07, 6.45) is 0.127. The van der Waals surface area contributed by atoms with Crippen molar-refractivity contribution in [3.05, 3.63) is 39.8 Å². The highest BCUT2D eigenvalue weighted by Gasteiger charge is 2.20. The summed E-state index contributed by atoms with van der Waals surface area (Å²) in [5, 5.41) is 17.9. The molecule has 0 aliphatic rings. The van der Waals surface area contributed by atoms with E-state index >= 15 is 0 Å². The average molecular weight is 321 g/mol. The van der Waals surface area contributed by atoms with Crippen molar-refractivity contribution in [2.75, 3.05) is 0 Å². The largest absolute Gasteiger partial charge is 0.481 e. The van der Waals surface area contributed by atoms with Crippen LogP contribution >= 0.6 is 11.3 Å². The van der Waals surface area contributed by atoms with Crippen LogP contribution in [0, 0.1) is 6.92 Å². The molecule has 0 saturated heterocycles. The van der Waals surface area contributed by atoms with E-state index in [2.05, 4.69) is 10.4 Å². The van der Waals surface area contributed by atoms with E-state index in [1.165, 1.54) is 11.3 Å². The number of carbonyl (C=O) groups excluding carboxylic acids is 1. The normalized spacial score (nSPS) is 12.1. The summed E-state index contributed by atoms with van der Waals surface area (Å²) >= 11 is 1.48. The van der Waals surface area contributed by atoms with Crippen LogP contribution in [-0.2, 0) is 23.2 Å². The minimum Gasteiger partial charge on any atom is -0.481 e. The molecule has 0 aliphatic carbocycles. The SMILES string of the molecule is Cc1cc(CNC(=O)C[C@H](CC(=O)O)c2cccs2)n(C)n1. The molecule has 2 aromatic rings. The second-order valence-electron chi connectivity index (χ2n) is 5.19. The molecule has 0 fully saturated rings. The second-order valence-corrected chi connectivity index (χ2v) is 6.17. The number of carboxylic acid groups (broad SMARTS) is 1. The van der Waals surface area contributed by atoms with Crippen molar-refractivity contribution in [3.63, 3.8) is 0 Å². The Morgan fingerprint density at radius 2 is 2.23 bits per heavy atom. The average Bonchev–Trinajstić information content (AvgIpc) is 3.05. The molecule has 0 bridgehead atoms. The first-order chi connectivity index (χ1) is 10.5. The molecule has 0 saturated carbocycles. The minimum atomic E-state index is -0.895. The van der Waals surface area contributed by atoms with Crippen LogP contribution in [0.2, 0.25) is 0 Å². The Balaban J connectivity index is 1.93. The lowest BCUT2D eigenvalue weighted by Gasteiger charge is -2.13. The molecule has 0 aliphatic heterocycles. The molecule has 0 spiro atoms. The first-order valence-electron chi connectivity index (χ1n) is 6.97. The fourth-order valence-electron chi connectivity index (χ4n) is 2.32. The Kier molecular flexibility index (Phi) is 5.32. The highest BCUT2D eigenvalue weighted by Crippen LogP contribution is 2.27. The van der Waals surface area contributed by atoms with E-state index in [0.29, 0.717) is 6.54 Å². The van der Waals surface area contributed by atoms with E-state index in [9.17, 15) is 9.59 Å². The van der Waals surface area contributed by atoms with Gasteiger partial charge in [0.2, 0.25) is 5.91 Å². The molecule has 0 unspecified atom stereocenters. The fourth-order valence-corrected chi connectivity index (χ4v) is 3.15. The zero-order valence-corrected chi connectivity index (χ0v) is 13.4. The molecule has 118 valence electrons. The van der Waals surface area contributed by atoms with Gasteiger partial charge in [-0.15, -0.1) is 11.3 Å². The third kappa shape index (κ3) is 4.42. The van der Waals surface area contributed by atoms with Gasteiger partial charge in [0.05, 0.1) is 24.4 Å². The lowest BCUT2D eigenvalue weighted by atomic mass is 9.99. The molecule has 2 aromatic heterocycles. The van der Waals surface area contributed by atoms with Crippen LogP contribution in [0.5, 0.6) is 0 Å². The van der Waals surface area contributed by atoms with Gasteiger partial charge in [-0.1, -0.05) is 6.07 Å². The zero-order chi connectivity index (χ0) is 16.1. The number of hydrogen-bond donors (Lipinski definition) is 2. The molecule has 0 aromatic carbocycles. The maximum Gasteiger partial charge on any atom is 0.304 e. The molecule has 2 N–H and O–H groups in total. The van der Waals surface area contributed by atoms with Gasteiger partial charge in [-0.05, 0) is 24.4 Å². The van der Waals surface area contributed by atoms with Crippen molar-refractivity contribution in [3.8, 4) is 0 Å². The summed E-state index contributed by atoms with van der Waals surface area (Å²) in [6.45, 7) is 2.28. The quantitative estimate of drug-likeness (QED) is 0.817. The van der Waals surface area contributed by atoms with Crippen LogP contribution in [0.3, 0.4) is 0 Å². The lowest BCUT2D eigenvalue weighted by molar-refractivity contribution is -0.137. The smallest absolute Gasteiger partial charge is 0.304 e. The third-order valence-electron chi connectivity index (χ3n) is 3.36. The maximum atomic E-state index is 12.1. The molecule has 22 heavy (non-hydrogen) atoms. The number of carboxylic acids is 1. The van der Waals surface area contributed by atoms with Gasteiger partial charge in [0.15, 0.2) is 0 Å². The van der Waals surface area contributed by atoms with Gasteiger partial charge in [-0.25, -0.2) is 0 Å². The number of aryl methyl sites for hydroxylation is 2. The topological polar surface area (TPSA) is 84.2 Å². The Morgan fingerprint density at radius 3 is 2.77 bits per heavy atom. The number of hydrogen-bond acceptors (Lipinski definition) is 4. The van der Waals surface area contributed by atoms with E-state index in [1.807, 2.05) is 37.6 Å². The summed E-state index contributed by atoms with van der Waals surface area (Å²) in [6, 6.07) is 5.65. The third-order valence-corrected chi connectivity index (χ3v) is 4.40. The minimum absolute atomic E-state index is 0.0429. The van der Waals surface area contributed by atoms with Crippen LogP contribution in [-0.4, -0.2) is 26.8 Å². The summed E-state index contributed by atoms with van der Waals surface area (Å²) in [5.41, 5.74) is 1.81. The number of carbonyl (C=O) groups is 2.